The second-order valence-electron chi connectivity index (χ2n) is 7.30. The van der Waals surface area contributed by atoms with Crippen molar-refractivity contribution >= 4 is 44.5 Å². The molecule has 0 atom stereocenters. The van der Waals surface area contributed by atoms with Crippen LogP contribution in [0.5, 0.6) is 5.75 Å². The lowest BCUT2D eigenvalue weighted by atomic mass is 10.1. The molecule has 0 aliphatic rings. The monoisotopic (exact) mass is 438 g/mol. The van der Waals surface area contributed by atoms with Crippen LogP contribution in [0.25, 0.3) is 52.7 Å². The van der Waals surface area contributed by atoms with Gasteiger partial charge < -0.3 is 9.72 Å². The van der Waals surface area contributed by atoms with E-state index in [1.807, 2.05) is 41.7 Å². The first-order valence-electron chi connectivity index (χ1n) is 10.0. The third-order valence-electron chi connectivity index (χ3n) is 5.43. The predicted molar refractivity (Wildman–Crippen MR) is 132 cm³/mol. The van der Waals surface area contributed by atoms with Crippen LogP contribution < -0.4 is 4.74 Å². The second kappa shape index (κ2) is 7.38. The van der Waals surface area contributed by atoms with Crippen LogP contribution in [0.3, 0.4) is 0 Å². The Kier molecular flexibility index (Phi) is 4.37. The molecule has 6 aromatic rings. The molecule has 0 fully saturated rings. The van der Waals surface area contributed by atoms with Gasteiger partial charge in [0.1, 0.15) is 11.6 Å². The van der Waals surface area contributed by atoms with Crippen molar-refractivity contribution in [1.29, 1.82) is 0 Å². The Morgan fingerprint density at radius 2 is 1.42 bits per heavy atom. The quantitative estimate of drug-likeness (QED) is 0.304. The number of para-hydroxylation sites is 2. The zero-order chi connectivity index (χ0) is 20.8. The van der Waals surface area contributed by atoms with Crippen molar-refractivity contribution in [3.05, 3.63) is 84.9 Å². The lowest BCUT2D eigenvalue weighted by Crippen LogP contribution is -1.81. The summed E-state index contributed by atoms with van der Waals surface area (Å²) < 4.78 is 5.33. The highest BCUT2D eigenvalue weighted by Gasteiger charge is 2.17. The number of methoxy groups -OCH3 is 1. The minimum Gasteiger partial charge on any atom is -0.497 e. The molecule has 3 aromatic heterocycles. The molecule has 0 aliphatic heterocycles. The Bertz CT molecular complexity index is 1490. The number of ether oxygens (including phenoxy) is 1. The number of aromatic nitrogens is 2. The van der Waals surface area contributed by atoms with Gasteiger partial charge in [-0.15, -0.1) is 22.7 Å². The average Bonchev–Trinajstić information content (AvgIpc) is 3.55. The molecule has 1 N–H and O–H groups in total. The molecular formula is C26H18N2OS2. The molecule has 31 heavy (non-hydrogen) atoms. The third-order valence-corrected chi connectivity index (χ3v) is 7.97. The number of rotatable bonds is 4. The predicted octanol–water partition coefficient (Wildman–Crippen LogP) is 7.85. The van der Waals surface area contributed by atoms with Gasteiger partial charge in [0.05, 0.1) is 27.9 Å². The smallest absolute Gasteiger partial charge is 0.148 e. The molecule has 0 saturated heterocycles. The van der Waals surface area contributed by atoms with Crippen LogP contribution >= 0.6 is 22.7 Å². The summed E-state index contributed by atoms with van der Waals surface area (Å²) in [4.78, 5) is 13.2. The summed E-state index contributed by atoms with van der Waals surface area (Å²) in [5.74, 6) is 1.80. The number of aromatic amines is 1. The summed E-state index contributed by atoms with van der Waals surface area (Å²) >= 11 is 3.63. The van der Waals surface area contributed by atoms with Crippen molar-refractivity contribution in [2.45, 2.75) is 0 Å². The molecule has 3 aromatic carbocycles. The molecule has 150 valence electrons. The maximum atomic E-state index is 5.33. The Morgan fingerprint density at radius 3 is 2.19 bits per heavy atom. The van der Waals surface area contributed by atoms with E-state index in [-0.39, 0.29) is 0 Å². The zero-order valence-electron chi connectivity index (χ0n) is 16.8. The van der Waals surface area contributed by atoms with Gasteiger partial charge in [0.2, 0.25) is 0 Å². The number of fused-ring (bicyclic) bond motifs is 2. The average molecular weight is 439 g/mol. The first-order valence-corrected chi connectivity index (χ1v) is 11.6. The number of nitrogens with one attached hydrogen (secondary N) is 1. The van der Waals surface area contributed by atoms with E-state index in [2.05, 4.69) is 59.6 Å². The standard InChI is InChI=1S/C26H18N2OS2/c1-29-17-12-10-16(11-13-17)24-18-6-2-3-7-19(18)25(31-24)22-14-15-23(30-22)26-27-20-8-4-5-9-21(20)28-26/h2-15H,1H3,(H,27,28). The van der Waals surface area contributed by atoms with Crippen molar-refractivity contribution in [2.24, 2.45) is 0 Å². The fraction of sp³-hybridized carbons (Fsp3) is 0.0385. The fourth-order valence-electron chi connectivity index (χ4n) is 3.89. The van der Waals surface area contributed by atoms with Crippen LogP contribution in [0.4, 0.5) is 0 Å². The molecule has 5 heteroatoms. The van der Waals surface area contributed by atoms with E-state index in [4.69, 9.17) is 9.72 Å². The number of benzene rings is 3. The van der Waals surface area contributed by atoms with Gasteiger partial charge in [-0.05, 0) is 54.1 Å². The lowest BCUT2D eigenvalue weighted by molar-refractivity contribution is 0.415. The number of nitrogens with zero attached hydrogens (tertiary/aromatic N) is 1. The molecular weight excluding hydrogens is 420 g/mol. The highest BCUT2D eigenvalue weighted by molar-refractivity contribution is 7.26. The maximum absolute atomic E-state index is 5.33. The van der Waals surface area contributed by atoms with Crippen LogP contribution in [0.2, 0.25) is 0 Å². The zero-order valence-corrected chi connectivity index (χ0v) is 18.4. The Morgan fingerprint density at radius 1 is 0.710 bits per heavy atom. The van der Waals surface area contributed by atoms with Gasteiger partial charge in [-0.25, -0.2) is 4.98 Å². The minimum atomic E-state index is 0.874. The number of hydrogen-bond donors (Lipinski definition) is 1. The summed E-state index contributed by atoms with van der Waals surface area (Å²) in [5, 5.41) is 2.57. The van der Waals surface area contributed by atoms with E-state index in [1.165, 1.54) is 31.0 Å². The molecule has 0 spiro atoms. The summed E-state index contributed by atoms with van der Waals surface area (Å²) in [5.41, 5.74) is 3.27. The van der Waals surface area contributed by atoms with Gasteiger partial charge in [-0.2, -0.15) is 0 Å². The molecule has 0 saturated carbocycles. The minimum absolute atomic E-state index is 0.874. The summed E-state index contributed by atoms with van der Waals surface area (Å²) in [6, 6.07) is 29.5. The molecule has 0 aliphatic carbocycles. The first kappa shape index (κ1) is 18.4. The Labute approximate surface area is 187 Å². The van der Waals surface area contributed by atoms with Gasteiger partial charge in [-0.1, -0.05) is 36.4 Å². The Hall–Kier alpha value is -3.41. The number of hydrogen-bond acceptors (Lipinski definition) is 4. The van der Waals surface area contributed by atoms with Crippen molar-refractivity contribution in [1.82, 2.24) is 9.97 Å². The summed E-state index contributed by atoms with van der Waals surface area (Å²) in [7, 11) is 1.70. The molecule has 3 nitrogen and oxygen atoms in total. The number of thiophene rings is 2. The fourth-order valence-corrected chi connectivity index (χ4v) is 6.25. The molecule has 0 unspecified atom stereocenters. The van der Waals surface area contributed by atoms with E-state index in [0.29, 0.717) is 0 Å². The van der Waals surface area contributed by atoms with Crippen LogP contribution in [0, 0.1) is 0 Å². The van der Waals surface area contributed by atoms with Crippen molar-refractivity contribution < 1.29 is 4.74 Å². The molecule has 0 bridgehead atoms. The van der Waals surface area contributed by atoms with E-state index in [9.17, 15) is 0 Å². The van der Waals surface area contributed by atoms with Crippen molar-refractivity contribution in [3.63, 3.8) is 0 Å². The molecule has 6 rings (SSSR count). The topological polar surface area (TPSA) is 37.9 Å². The van der Waals surface area contributed by atoms with Gasteiger partial charge in [0, 0.05) is 20.5 Å². The van der Waals surface area contributed by atoms with Gasteiger partial charge in [0.25, 0.3) is 0 Å². The van der Waals surface area contributed by atoms with E-state index in [0.717, 1.165) is 27.5 Å². The highest BCUT2D eigenvalue weighted by Crippen LogP contribution is 2.47. The normalized spacial score (nSPS) is 11.4. The molecule has 0 radical (unpaired) electrons. The van der Waals surface area contributed by atoms with Crippen molar-refractivity contribution in [3.8, 4) is 36.6 Å². The maximum Gasteiger partial charge on any atom is 0.148 e. The largest absolute Gasteiger partial charge is 0.497 e. The third kappa shape index (κ3) is 3.14. The van der Waals surface area contributed by atoms with Gasteiger partial charge >= 0.3 is 0 Å². The van der Waals surface area contributed by atoms with Crippen LogP contribution in [-0.4, -0.2) is 17.1 Å². The van der Waals surface area contributed by atoms with Crippen LogP contribution in [-0.2, 0) is 0 Å². The molecule has 3 heterocycles. The molecule has 0 amide bonds. The van der Waals surface area contributed by atoms with Gasteiger partial charge in [-0.3, -0.25) is 0 Å². The first-order chi connectivity index (χ1) is 15.3. The van der Waals surface area contributed by atoms with E-state index < -0.39 is 0 Å². The highest BCUT2D eigenvalue weighted by atomic mass is 32.1. The Balaban J connectivity index is 1.46. The van der Waals surface area contributed by atoms with Gasteiger partial charge in [0.15, 0.2) is 0 Å². The second-order valence-corrected chi connectivity index (χ2v) is 9.41. The summed E-state index contributed by atoms with van der Waals surface area (Å²) in [6.45, 7) is 0. The van der Waals surface area contributed by atoms with Crippen molar-refractivity contribution in [2.75, 3.05) is 7.11 Å². The number of H-pyrrole nitrogens is 1. The number of imidazole rings is 1. The SMILES string of the molecule is COc1ccc(-c2sc(-c3ccc(-c4nc5ccccc5[nH]4)s3)c3ccccc23)cc1. The summed E-state index contributed by atoms with van der Waals surface area (Å²) in [6.07, 6.45) is 0. The lowest BCUT2D eigenvalue weighted by Gasteiger charge is -2.02. The van der Waals surface area contributed by atoms with Crippen LogP contribution in [0.15, 0.2) is 84.9 Å². The van der Waals surface area contributed by atoms with E-state index >= 15 is 0 Å². The van der Waals surface area contributed by atoms with Crippen LogP contribution in [0.1, 0.15) is 0 Å². The van der Waals surface area contributed by atoms with E-state index in [1.54, 1.807) is 18.4 Å².